The predicted molar refractivity (Wildman–Crippen MR) is 144 cm³/mol. The lowest BCUT2D eigenvalue weighted by molar-refractivity contribution is -0.144. The van der Waals surface area contributed by atoms with E-state index in [1.54, 1.807) is 49.9 Å². The van der Waals surface area contributed by atoms with Crippen molar-refractivity contribution in [3.63, 3.8) is 0 Å². The van der Waals surface area contributed by atoms with Gasteiger partial charge in [-0.05, 0) is 88.1 Å². The molecular weight excluding hydrogens is 526 g/mol. The Labute approximate surface area is 228 Å². The molecule has 0 saturated carbocycles. The Kier molecular flexibility index (Phi) is 9.57. The van der Waals surface area contributed by atoms with Gasteiger partial charge in [0, 0.05) is 24.3 Å². The molecule has 39 heavy (non-hydrogen) atoms. The molecule has 2 amide bonds. The van der Waals surface area contributed by atoms with E-state index in [1.807, 2.05) is 0 Å². The van der Waals surface area contributed by atoms with Gasteiger partial charge in [-0.3, -0.25) is 9.59 Å². The van der Waals surface area contributed by atoms with Crippen LogP contribution in [0.3, 0.4) is 0 Å². The Morgan fingerprint density at radius 3 is 2.05 bits per heavy atom. The second-order valence-corrected chi connectivity index (χ2v) is 11.8. The van der Waals surface area contributed by atoms with Crippen LogP contribution in [0.5, 0.6) is 5.75 Å². The molecule has 0 bridgehead atoms. The normalized spacial score (nSPS) is 15.3. The van der Waals surface area contributed by atoms with E-state index >= 15 is 0 Å². The minimum Gasteiger partial charge on any atom is -0.497 e. The Morgan fingerprint density at radius 1 is 0.949 bits per heavy atom. The highest BCUT2D eigenvalue weighted by atomic mass is 32.2. The Morgan fingerprint density at radius 2 is 1.54 bits per heavy atom. The number of benzene rings is 2. The average Bonchev–Trinajstić information content (AvgIpc) is 2.91. The quantitative estimate of drug-likeness (QED) is 0.467. The van der Waals surface area contributed by atoms with Crippen LogP contribution >= 0.6 is 0 Å². The van der Waals surface area contributed by atoms with Crippen LogP contribution in [0, 0.1) is 5.92 Å². The molecule has 1 fully saturated rings. The van der Waals surface area contributed by atoms with E-state index in [9.17, 15) is 22.8 Å². The monoisotopic (exact) mass is 561 g/mol. The van der Waals surface area contributed by atoms with Crippen LogP contribution in [-0.2, 0) is 24.3 Å². The van der Waals surface area contributed by atoms with E-state index < -0.39 is 33.7 Å². The molecule has 212 valence electrons. The van der Waals surface area contributed by atoms with Gasteiger partial charge in [0.05, 0.1) is 19.1 Å². The molecule has 1 unspecified atom stereocenters. The maximum absolute atomic E-state index is 13.1. The third-order valence-corrected chi connectivity index (χ3v) is 7.63. The number of sulfonamides is 1. The van der Waals surface area contributed by atoms with Crippen LogP contribution in [0.25, 0.3) is 0 Å². The van der Waals surface area contributed by atoms with Crippen LogP contribution in [-0.4, -0.2) is 70.2 Å². The summed E-state index contributed by atoms with van der Waals surface area (Å²) in [4.78, 5) is 38.9. The molecule has 1 aliphatic heterocycles. The lowest BCUT2D eigenvalue weighted by Crippen LogP contribution is -2.51. The predicted octanol–water partition coefficient (Wildman–Crippen LogP) is 3.41. The summed E-state index contributed by atoms with van der Waals surface area (Å²) in [5.41, 5.74) is 0.174. The molecule has 1 heterocycles. The number of likely N-dealkylation sites (tertiary alicyclic amines) is 1. The molecule has 0 spiro atoms. The van der Waals surface area contributed by atoms with E-state index in [0.717, 1.165) is 0 Å². The minimum atomic E-state index is -4.11. The fourth-order valence-corrected chi connectivity index (χ4v) is 5.36. The van der Waals surface area contributed by atoms with Gasteiger partial charge in [-0.25, -0.2) is 13.2 Å². The van der Waals surface area contributed by atoms with Crippen molar-refractivity contribution in [1.29, 1.82) is 0 Å². The highest BCUT2D eigenvalue weighted by Gasteiger charge is 2.37. The number of amides is 2. The third kappa shape index (κ3) is 8.17. The molecule has 11 nitrogen and oxygen atoms in total. The standard InChI is InChI=1S/C27H35N3O8S/c1-27(2,3)38-26(33)30-16-14-18(15-17-30)23(25(32)37-5)29-39(34,35)22-12-8-20(9-13-22)28-24(31)19-6-10-21(36-4)11-7-19/h6-13,18,23,29H,14-17H2,1-5H3,(H,28,31). The van der Waals surface area contributed by atoms with Gasteiger partial charge in [-0.1, -0.05) is 0 Å². The molecule has 0 radical (unpaired) electrons. The van der Waals surface area contributed by atoms with E-state index in [-0.39, 0.29) is 16.7 Å². The van der Waals surface area contributed by atoms with Crippen LogP contribution in [0.4, 0.5) is 10.5 Å². The van der Waals surface area contributed by atoms with Crippen molar-refractivity contribution in [2.45, 2.75) is 50.2 Å². The fraction of sp³-hybridized carbons (Fsp3) is 0.444. The number of hydrogen-bond acceptors (Lipinski definition) is 8. The van der Waals surface area contributed by atoms with Gasteiger partial charge in [-0.15, -0.1) is 0 Å². The second-order valence-electron chi connectivity index (χ2n) is 10.1. The maximum atomic E-state index is 13.1. The number of nitrogens with zero attached hydrogens (tertiary/aromatic N) is 1. The summed E-state index contributed by atoms with van der Waals surface area (Å²) in [6.07, 6.45) is 0.325. The molecular formula is C27H35N3O8S. The van der Waals surface area contributed by atoms with Crippen molar-refractivity contribution >= 4 is 33.7 Å². The van der Waals surface area contributed by atoms with E-state index in [2.05, 4.69) is 10.0 Å². The second kappa shape index (κ2) is 12.5. The zero-order valence-corrected chi connectivity index (χ0v) is 23.5. The number of hydrogen-bond donors (Lipinski definition) is 2. The van der Waals surface area contributed by atoms with Gasteiger partial charge >= 0.3 is 12.1 Å². The maximum Gasteiger partial charge on any atom is 0.410 e. The number of esters is 1. The van der Waals surface area contributed by atoms with Crippen molar-refractivity contribution < 1.29 is 37.0 Å². The molecule has 1 saturated heterocycles. The van der Waals surface area contributed by atoms with Crippen LogP contribution in [0.15, 0.2) is 53.4 Å². The Balaban J connectivity index is 1.65. The number of piperidine rings is 1. The largest absolute Gasteiger partial charge is 0.497 e. The highest BCUT2D eigenvalue weighted by Crippen LogP contribution is 2.25. The summed E-state index contributed by atoms with van der Waals surface area (Å²) in [6, 6.07) is 11.0. The average molecular weight is 562 g/mol. The van der Waals surface area contributed by atoms with Crippen molar-refractivity contribution in [2.24, 2.45) is 5.92 Å². The summed E-state index contributed by atoms with van der Waals surface area (Å²) in [7, 11) is -1.38. The first-order chi connectivity index (χ1) is 18.3. The van der Waals surface area contributed by atoms with Crippen molar-refractivity contribution in [3.8, 4) is 5.75 Å². The van der Waals surface area contributed by atoms with Crippen LogP contribution in [0.1, 0.15) is 44.0 Å². The van der Waals surface area contributed by atoms with Crippen molar-refractivity contribution in [3.05, 3.63) is 54.1 Å². The zero-order valence-electron chi connectivity index (χ0n) is 22.7. The summed E-state index contributed by atoms with van der Waals surface area (Å²) in [6.45, 7) is 5.97. The first-order valence-corrected chi connectivity index (χ1v) is 13.9. The first-order valence-electron chi connectivity index (χ1n) is 12.5. The number of carbonyl (C=O) groups is 3. The third-order valence-electron chi connectivity index (χ3n) is 6.17. The van der Waals surface area contributed by atoms with Gasteiger partial charge in [0.25, 0.3) is 5.91 Å². The van der Waals surface area contributed by atoms with Gasteiger partial charge < -0.3 is 24.4 Å². The Bertz CT molecular complexity index is 1260. The van der Waals surface area contributed by atoms with E-state index in [1.165, 1.54) is 38.5 Å². The molecule has 1 atom stereocenters. The molecule has 1 aliphatic rings. The lowest BCUT2D eigenvalue weighted by atomic mass is 9.90. The smallest absolute Gasteiger partial charge is 0.410 e. The molecule has 0 aromatic heterocycles. The molecule has 0 aliphatic carbocycles. The van der Waals surface area contributed by atoms with Crippen LogP contribution in [0.2, 0.25) is 0 Å². The highest BCUT2D eigenvalue weighted by molar-refractivity contribution is 7.89. The number of nitrogens with one attached hydrogen (secondary N) is 2. The number of rotatable bonds is 8. The van der Waals surface area contributed by atoms with Gasteiger partial charge in [0.1, 0.15) is 17.4 Å². The minimum absolute atomic E-state index is 0.0787. The topological polar surface area (TPSA) is 140 Å². The molecule has 12 heteroatoms. The molecule has 2 aromatic carbocycles. The number of methoxy groups -OCH3 is 2. The van der Waals surface area contributed by atoms with E-state index in [0.29, 0.717) is 42.9 Å². The SMILES string of the molecule is COC(=O)C(NS(=O)(=O)c1ccc(NC(=O)c2ccc(OC)cc2)cc1)C1CCN(C(=O)OC(C)(C)C)CC1. The lowest BCUT2D eigenvalue weighted by Gasteiger charge is -2.35. The molecule has 2 aromatic rings. The molecule has 3 rings (SSSR count). The zero-order chi connectivity index (χ0) is 28.8. The fourth-order valence-electron chi connectivity index (χ4n) is 4.10. The van der Waals surface area contributed by atoms with Crippen molar-refractivity contribution in [2.75, 3.05) is 32.6 Å². The van der Waals surface area contributed by atoms with E-state index in [4.69, 9.17) is 14.2 Å². The van der Waals surface area contributed by atoms with Gasteiger partial charge in [0.2, 0.25) is 10.0 Å². The first kappa shape index (κ1) is 29.9. The summed E-state index contributed by atoms with van der Waals surface area (Å²) in [5, 5.41) is 2.71. The summed E-state index contributed by atoms with van der Waals surface area (Å²) < 4.78 is 44.1. The Hall–Kier alpha value is -3.64. The summed E-state index contributed by atoms with van der Waals surface area (Å²) >= 11 is 0. The van der Waals surface area contributed by atoms with Crippen molar-refractivity contribution in [1.82, 2.24) is 9.62 Å². The van der Waals surface area contributed by atoms with Crippen LogP contribution < -0.4 is 14.8 Å². The molecule has 2 N–H and O–H groups in total. The number of carbonyl (C=O) groups excluding carboxylic acids is 3. The van der Waals surface area contributed by atoms with Gasteiger partial charge in [-0.2, -0.15) is 4.72 Å². The number of ether oxygens (including phenoxy) is 3. The number of anilines is 1. The summed E-state index contributed by atoms with van der Waals surface area (Å²) in [5.74, 6) is -0.839. The van der Waals surface area contributed by atoms with Gasteiger partial charge in [0.15, 0.2) is 0 Å².